The summed E-state index contributed by atoms with van der Waals surface area (Å²) < 4.78 is 10.6. The van der Waals surface area contributed by atoms with Gasteiger partial charge in [-0.1, -0.05) is 18.2 Å². The molecule has 6 nitrogen and oxygen atoms in total. The molecule has 6 heteroatoms. The number of methoxy groups -OCH3 is 1. The van der Waals surface area contributed by atoms with Crippen molar-refractivity contribution in [1.29, 1.82) is 0 Å². The van der Waals surface area contributed by atoms with Crippen LogP contribution in [0.15, 0.2) is 29.3 Å². The van der Waals surface area contributed by atoms with Gasteiger partial charge in [0.15, 0.2) is 5.96 Å². The van der Waals surface area contributed by atoms with Gasteiger partial charge in [0.05, 0.1) is 26.9 Å². The zero-order valence-corrected chi connectivity index (χ0v) is 13.3. The van der Waals surface area contributed by atoms with Crippen molar-refractivity contribution in [2.45, 2.75) is 13.0 Å². The zero-order valence-electron chi connectivity index (χ0n) is 13.3. The molecule has 0 aromatic heterocycles. The first-order valence-electron chi connectivity index (χ1n) is 7.75. The minimum absolute atomic E-state index is 0.480. The third-order valence-corrected chi connectivity index (χ3v) is 3.67. The van der Waals surface area contributed by atoms with Gasteiger partial charge in [-0.15, -0.1) is 0 Å². The monoisotopic (exact) mass is 306 g/mol. The predicted molar refractivity (Wildman–Crippen MR) is 88.2 cm³/mol. The van der Waals surface area contributed by atoms with Crippen LogP contribution in [-0.4, -0.2) is 57.4 Å². The van der Waals surface area contributed by atoms with Gasteiger partial charge < -0.3 is 20.5 Å². The van der Waals surface area contributed by atoms with Crippen LogP contribution in [0.2, 0.25) is 0 Å². The number of hydrogen-bond donors (Lipinski definition) is 2. The van der Waals surface area contributed by atoms with E-state index in [9.17, 15) is 0 Å². The number of rotatable bonds is 7. The smallest absolute Gasteiger partial charge is 0.188 e. The minimum atomic E-state index is 0.480. The second kappa shape index (κ2) is 9.27. The summed E-state index contributed by atoms with van der Waals surface area (Å²) in [5, 5.41) is 3.16. The number of nitrogens with one attached hydrogen (secondary N) is 1. The van der Waals surface area contributed by atoms with Crippen LogP contribution in [-0.2, 0) is 11.3 Å². The molecule has 3 N–H and O–H groups in total. The highest BCUT2D eigenvalue weighted by Gasteiger charge is 2.09. The number of hydrogen-bond acceptors (Lipinski definition) is 4. The molecule has 122 valence electrons. The average Bonchev–Trinajstić information content (AvgIpc) is 2.58. The SMILES string of the molecule is COc1ccccc1CN=C(N)NCCCN1CCOCC1. The Bertz CT molecular complexity index is 473. The molecular formula is C16H26N4O2. The van der Waals surface area contributed by atoms with Crippen molar-refractivity contribution in [1.82, 2.24) is 10.2 Å². The van der Waals surface area contributed by atoms with Gasteiger partial charge in [0, 0.05) is 25.2 Å². The third kappa shape index (κ3) is 5.54. The van der Waals surface area contributed by atoms with E-state index in [1.54, 1.807) is 7.11 Å². The highest BCUT2D eigenvalue weighted by atomic mass is 16.5. The summed E-state index contributed by atoms with van der Waals surface area (Å²) in [5.74, 6) is 1.32. The quantitative estimate of drug-likeness (QED) is 0.443. The lowest BCUT2D eigenvalue weighted by atomic mass is 10.2. The fraction of sp³-hybridized carbons (Fsp3) is 0.562. The number of morpholine rings is 1. The molecule has 1 fully saturated rings. The van der Waals surface area contributed by atoms with Crippen LogP contribution in [0.25, 0.3) is 0 Å². The first-order valence-corrected chi connectivity index (χ1v) is 7.75. The van der Waals surface area contributed by atoms with Crippen LogP contribution in [0.5, 0.6) is 5.75 Å². The lowest BCUT2D eigenvalue weighted by molar-refractivity contribution is 0.0376. The number of guanidine groups is 1. The molecular weight excluding hydrogens is 280 g/mol. The van der Waals surface area contributed by atoms with E-state index in [4.69, 9.17) is 15.2 Å². The molecule has 0 bridgehead atoms. The molecule has 2 rings (SSSR count). The standard InChI is InChI=1S/C16H26N4O2/c1-21-15-6-3-2-5-14(15)13-19-16(17)18-7-4-8-20-9-11-22-12-10-20/h2-3,5-6H,4,7-13H2,1H3,(H3,17,18,19). The van der Waals surface area contributed by atoms with Gasteiger partial charge in [0.25, 0.3) is 0 Å². The summed E-state index contributed by atoms with van der Waals surface area (Å²) >= 11 is 0. The van der Waals surface area contributed by atoms with E-state index in [1.807, 2.05) is 24.3 Å². The van der Waals surface area contributed by atoms with E-state index in [0.717, 1.165) is 57.1 Å². The van der Waals surface area contributed by atoms with Gasteiger partial charge >= 0.3 is 0 Å². The molecule has 1 aliphatic rings. The maximum atomic E-state index is 5.90. The maximum absolute atomic E-state index is 5.90. The molecule has 1 heterocycles. The summed E-state index contributed by atoms with van der Waals surface area (Å²) in [7, 11) is 1.66. The number of ether oxygens (including phenoxy) is 2. The Morgan fingerprint density at radius 3 is 2.91 bits per heavy atom. The molecule has 0 radical (unpaired) electrons. The molecule has 22 heavy (non-hydrogen) atoms. The van der Waals surface area contributed by atoms with Crippen molar-refractivity contribution in [2.24, 2.45) is 10.7 Å². The van der Waals surface area contributed by atoms with Crippen molar-refractivity contribution < 1.29 is 9.47 Å². The minimum Gasteiger partial charge on any atom is -0.496 e. The van der Waals surface area contributed by atoms with Crippen LogP contribution in [0.1, 0.15) is 12.0 Å². The average molecular weight is 306 g/mol. The Balaban J connectivity index is 1.66. The second-order valence-corrected chi connectivity index (χ2v) is 5.25. The van der Waals surface area contributed by atoms with Gasteiger partial charge in [0.2, 0.25) is 0 Å². The van der Waals surface area contributed by atoms with Crippen LogP contribution in [0, 0.1) is 0 Å². The number of benzene rings is 1. The Hall–Kier alpha value is -1.79. The number of nitrogens with zero attached hydrogens (tertiary/aromatic N) is 2. The highest BCUT2D eigenvalue weighted by molar-refractivity contribution is 5.77. The van der Waals surface area contributed by atoms with E-state index in [2.05, 4.69) is 15.2 Å². The fourth-order valence-corrected chi connectivity index (χ4v) is 2.40. The van der Waals surface area contributed by atoms with Gasteiger partial charge in [0.1, 0.15) is 5.75 Å². The molecule has 1 aromatic rings. The first kappa shape index (κ1) is 16.6. The molecule has 1 aromatic carbocycles. The van der Waals surface area contributed by atoms with Crippen molar-refractivity contribution >= 4 is 5.96 Å². The normalized spacial score (nSPS) is 16.5. The number of nitrogens with two attached hydrogens (primary N) is 1. The van der Waals surface area contributed by atoms with E-state index < -0.39 is 0 Å². The maximum Gasteiger partial charge on any atom is 0.188 e. The lowest BCUT2D eigenvalue weighted by Crippen LogP contribution is -2.39. The van der Waals surface area contributed by atoms with Crippen molar-refractivity contribution in [3.8, 4) is 5.75 Å². The summed E-state index contributed by atoms with van der Waals surface area (Å²) in [4.78, 5) is 6.77. The second-order valence-electron chi connectivity index (χ2n) is 5.25. The van der Waals surface area contributed by atoms with E-state index in [0.29, 0.717) is 12.5 Å². The van der Waals surface area contributed by atoms with Gasteiger partial charge in [-0.05, 0) is 19.0 Å². The van der Waals surface area contributed by atoms with Crippen LogP contribution in [0.3, 0.4) is 0 Å². The molecule has 0 spiro atoms. The van der Waals surface area contributed by atoms with Crippen molar-refractivity contribution in [2.75, 3.05) is 46.5 Å². The van der Waals surface area contributed by atoms with E-state index in [-0.39, 0.29) is 0 Å². The summed E-state index contributed by atoms with van der Waals surface area (Å²) in [6.45, 7) is 6.15. The topological polar surface area (TPSA) is 72.1 Å². The summed E-state index contributed by atoms with van der Waals surface area (Å²) in [6, 6.07) is 7.84. The lowest BCUT2D eigenvalue weighted by Gasteiger charge is -2.26. The van der Waals surface area contributed by atoms with Gasteiger partial charge in [-0.3, -0.25) is 4.90 Å². The largest absolute Gasteiger partial charge is 0.496 e. The highest BCUT2D eigenvalue weighted by Crippen LogP contribution is 2.17. The first-order chi connectivity index (χ1) is 10.8. The van der Waals surface area contributed by atoms with Gasteiger partial charge in [-0.2, -0.15) is 0 Å². The molecule has 1 aliphatic heterocycles. The Kier molecular flexibility index (Phi) is 6.99. The molecule has 0 amide bonds. The fourth-order valence-electron chi connectivity index (χ4n) is 2.40. The zero-order chi connectivity index (χ0) is 15.6. The third-order valence-electron chi connectivity index (χ3n) is 3.67. The van der Waals surface area contributed by atoms with Gasteiger partial charge in [-0.25, -0.2) is 4.99 Å². The van der Waals surface area contributed by atoms with E-state index in [1.165, 1.54) is 0 Å². The van der Waals surface area contributed by atoms with Crippen LogP contribution in [0.4, 0.5) is 0 Å². The Labute approximate surface area is 132 Å². The Morgan fingerprint density at radius 2 is 2.14 bits per heavy atom. The van der Waals surface area contributed by atoms with Crippen LogP contribution < -0.4 is 15.8 Å². The van der Waals surface area contributed by atoms with Crippen molar-refractivity contribution in [3.05, 3.63) is 29.8 Å². The number of para-hydroxylation sites is 1. The van der Waals surface area contributed by atoms with Crippen molar-refractivity contribution in [3.63, 3.8) is 0 Å². The molecule has 0 aliphatic carbocycles. The summed E-state index contributed by atoms with van der Waals surface area (Å²) in [5.41, 5.74) is 6.93. The van der Waals surface area contributed by atoms with E-state index >= 15 is 0 Å². The summed E-state index contributed by atoms with van der Waals surface area (Å²) in [6.07, 6.45) is 1.05. The Morgan fingerprint density at radius 1 is 1.36 bits per heavy atom. The van der Waals surface area contributed by atoms with Crippen LogP contribution >= 0.6 is 0 Å². The molecule has 0 saturated carbocycles. The predicted octanol–water partition coefficient (Wildman–Crippen LogP) is 0.822. The number of aliphatic imine (C=N–C) groups is 1. The molecule has 1 saturated heterocycles. The molecule has 0 atom stereocenters. The molecule has 0 unspecified atom stereocenters.